The summed E-state index contributed by atoms with van der Waals surface area (Å²) in [5.74, 6) is 0. The van der Waals surface area contributed by atoms with E-state index in [2.05, 4.69) is 93.6 Å². The smallest absolute Gasteiger partial charge is 0.416 e. The maximum Gasteiger partial charge on any atom is 0.416 e. The third kappa shape index (κ3) is 7.97. The van der Waals surface area contributed by atoms with Crippen molar-refractivity contribution >= 4 is 21.0 Å². The average Bonchev–Trinajstić information content (AvgIpc) is 2.94. The van der Waals surface area contributed by atoms with Gasteiger partial charge in [0.25, 0.3) is 0 Å². The summed E-state index contributed by atoms with van der Waals surface area (Å²) < 4.78 is 67.0. The van der Waals surface area contributed by atoms with Crippen LogP contribution in [0, 0.1) is 0 Å². The third-order valence-corrected chi connectivity index (χ3v) is 9.37. The minimum absolute atomic E-state index is 0.0478. The van der Waals surface area contributed by atoms with Crippen LogP contribution >= 0.6 is 0 Å². The van der Waals surface area contributed by atoms with Crippen LogP contribution in [0.4, 0.5) is 13.2 Å². The van der Waals surface area contributed by atoms with E-state index in [1.165, 1.54) is 26.5 Å². The summed E-state index contributed by atoms with van der Waals surface area (Å²) in [4.78, 5) is 3.68. The minimum Gasteiger partial charge on any atom is -0.744 e. The molecule has 0 amide bonds. The van der Waals surface area contributed by atoms with Crippen molar-refractivity contribution in [1.29, 1.82) is 0 Å². The molecule has 0 aliphatic carbocycles. The number of benzene rings is 4. The fourth-order valence-electron chi connectivity index (χ4n) is 4.11. The minimum atomic E-state index is -4.68. The van der Waals surface area contributed by atoms with E-state index >= 15 is 0 Å². The zero-order chi connectivity index (χ0) is 28.6. The van der Waals surface area contributed by atoms with Crippen LogP contribution in [0.15, 0.2) is 117 Å². The van der Waals surface area contributed by atoms with Crippen molar-refractivity contribution in [3.63, 3.8) is 0 Å². The molecule has 206 valence electrons. The van der Waals surface area contributed by atoms with Gasteiger partial charge in [0.2, 0.25) is 0 Å². The van der Waals surface area contributed by atoms with Crippen molar-refractivity contribution in [3.8, 4) is 0 Å². The lowest BCUT2D eigenvalue weighted by Gasteiger charge is -2.16. The number of halogens is 3. The Morgan fingerprint density at radius 3 is 1.46 bits per heavy atom. The van der Waals surface area contributed by atoms with Gasteiger partial charge in [-0.05, 0) is 73.4 Å². The molecule has 0 N–H and O–H groups in total. The van der Waals surface area contributed by atoms with Gasteiger partial charge in [0, 0.05) is 11.1 Å². The van der Waals surface area contributed by atoms with Gasteiger partial charge >= 0.3 is 6.18 Å². The number of hydrogen-bond acceptors (Lipinski definition) is 3. The van der Waals surface area contributed by atoms with Crippen LogP contribution in [0.1, 0.15) is 43.0 Å². The second kappa shape index (κ2) is 13.3. The summed E-state index contributed by atoms with van der Waals surface area (Å²) in [5.41, 5.74) is 3.48. The van der Waals surface area contributed by atoms with E-state index in [-0.39, 0.29) is 10.9 Å². The maximum absolute atomic E-state index is 12.0. The van der Waals surface area contributed by atoms with Crippen LogP contribution in [0.3, 0.4) is 0 Å². The highest BCUT2D eigenvalue weighted by Gasteiger charge is 2.33. The molecule has 0 radical (unpaired) electrons. The monoisotopic (exact) mass is 572 g/mol. The first-order chi connectivity index (χ1) is 18.5. The lowest BCUT2D eigenvalue weighted by molar-refractivity contribution is -0.137. The zero-order valence-corrected chi connectivity index (χ0v) is 23.7. The van der Waals surface area contributed by atoms with Crippen LogP contribution < -0.4 is 0 Å². The molecule has 39 heavy (non-hydrogen) atoms. The Morgan fingerprint density at radius 1 is 0.692 bits per heavy atom. The largest absolute Gasteiger partial charge is 0.744 e. The quantitative estimate of drug-likeness (QED) is 0.166. The summed E-state index contributed by atoms with van der Waals surface area (Å²) in [6, 6.07) is 29.2. The molecule has 8 heteroatoms. The standard InChI is InChI=1S/C24H27S.C7H5F3O3S/c1-4-19-17-20(5-2)24(21(6-3)18-19)25(22-13-9-7-10-14-22)23-15-11-8-12-16-23;8-7(9,10)5-1-3-6(4-2-5)14(11,12)13/h7-18H,4-6H2,1-3H3;1-4H,(H,11,12,13)/q+1;/p-1. The number of alkyl halides is 3. The van der Waals surface area contributed by atoms with Gasteiger partial charge < -0.3 is 4.55 Å². The fourth-order valence-corrected chi connectivity index (χ4v) is 7.12. The van der Waals surface area contributed by atoms with Crippen LogP contribution in [0.25, 0.3) is 0 Å². The molecule has 0 aliphatic rings. The molecule has 0 saturated heterocycles. The topological polar surface area (TPSA) is 57.2 Å². The molecule has 3 nitrogen and oxygen atoms in total. The molecule has 4 rings (SSSR count). The lowest BCUT2D eigenvalue weighted by Crippen LogP contribution is -2.11. The predicted molar refractivity (Wildman–Crippen MR) is 149 cm³/mol. The molecule has 0 unspecified atom stereocenters. The molecule has 4 aromatic rings. The molecule has 0 heterocycles. The second-order valence-corrected chi connectivity index (χ2v) is 12.1. The highest BCUT2D eigenvalue weighted by molar-refractivity contribution is 7.97. The van der Waals surface area contributed by atoms with Crippen molar-refractivity contribution in [1.82, 2.24) is 0 Å². The highest BCUT2D eigenvalue weighted by Crippen LogP contribution is 2.37. The van der Waals surface area contributed by atoms with Crippen molar-refractivity contribution < 1.29 is 26.1 Å². The highest BCUT2D eigenvalue weighted by atomic mass is 32.2. The SMILES string of the molecule is CCc1cc(CC)c([S+](c2ccccc2)c2ccccc2)c(CC)c1.O=S(=O)([O-])c1ccc(C(F)(F)F)cc1. The number of hydrogen-bond donors (Lipinski definition) is 0. The van der Waals surface area contributed by atoms with E-state index < -0.39 is 26.8 Å². The Hall–Kier alpha value is -3.07. The van der Waals surface area contributed by atoms with E-state index in [1.807, 2.05) is 0 Å². The van der Waals surface area contributed by atoms with E-state index in [0.29, 0.717) is 24.3 Å². The first-order valence-electron chi connectivity index (χ1n) is 12.6. The van der Waals surface area contributed by atoms with Gasteiger partial charge in [-0.3, -0.25) is 0 Å². The number of aryl methyl sites for hydroxylation is 3. The van der Waals surface area contributed by atoms with Gasteiger partial charge in [-0.1, -0.05) is 69.3 Å². The molecule has 0 spiro atoms. The van der Waals surface area contributed by atoms with E-state index in [1.54, 1.807) is 4.90 Å². The van der Waals surface area contributed by atoms with Crippen molar-refractivity contribution in [2.24, 2.45) is 0 Å². The zero-order valence-electron chi connectivity index (χ0n) is 22.0. The third-order valence-electron chi connectivity index (χ3n) is 6.10. The van der Waals surface area contributed by atoms with Gasteiger partial charge in [0.1, 0.15) is 10.1 Å². The Kier molecular flexibility index (Phi) is 10.4. The second-order valence-electron chi connectivity index (χ2n) is 8.71. The van der Waals surface area contributed by atoms with Gasteiger partial charge in [-0.2, -0.15) is 13.2 Å². The van der Waals surface area contributed by atoms with Gasteiger partial charge in [0.05, 0.1) is 21.4 Å². The molecular weight excluding hydrogens is 541 g/mol. The summed E-state index contributed by atoms with van der Waals surface area (Å²) in [6.45, 7) is 6.83. The van der Waals surface area contributed by atoms with Crippen LogP contribution in [-0.4, -0.2) is 13.0 Å². The van der Waals surface area contributed by atoms with Gasteiger partial charge in [-0.15, -0.1) is 0 Å². The number of rotatable bonds is 7. The van der Waals surface area contributed by atoms with Crippen molar-refractivity contribution in [3.05, 3.63) is 119 Å². The molecule has 0 atom stereocenters. The lowest BCUT2D eigenvalue weighted by atomic mass is 10.0. The maximum atomic E-state index is 12.0. The Morgan fingerprint density at radius 2 is 1.13 bits per heavy atom. The molecular formula is C31H31F3O3S2. The Balaban J connectivity index is 0.000000255. The summed E-state index contributed by atoms with van der Waals surface area (Å²) in [6.07, 6.45) is -1.27. The first-order valence-corrected chi connectivity index (χ1v) is 15.2. The fraction of sp³-hybridized carbons (Fsp3) is 0.226. The normalized spacial score (nSPS) is 11.7. The first kappa shape index (κ1) is 30.5. The van der Waals surface area contributed by atoms with E-state index in [9.17, 15) is 26.1 Å². The summed E-state index contributed by atoms with van der Waals surface area (Å²) >= 11 is 0. The van der Waals surface area contributed by atoms with Gasteiger partial charge in [0.15, 0.2) is 14.7 Å². The molecule has 4 aromatic carbocycles. The molecule has 0 saturated carbocycles. The molecule has 0 aromatic heterocycles. The van der Waals surface area contributed by atoms with E-state index in [0.717, 1.165) is 19.3 Å². The Labute approximate surface area is 231 Å². The average molecular weight is 573 g/mol. The summed E-state index contributed by atoms with van der Waals surface area (Å²) in [7, 11) is -4.73. The predicted octanol–water partition coefficient (Wildman–Crippen LogP) is 8.08. The Bertz CT molecular complexity index is 1390. The van der Waals surface area contributed by atoms with Crippen molar-refractivity contribution in [2.45, 2.75) is 65.8 Å². The van der Waals surface area contributed by atoms with Crippen LogP contribution in [0.2, 0.25) is 0 Å². The van der Waals surface area contributed by atoms with Crippen molar-refractivity contribution in [2.75, 3.05) is 0 Å². The van der Waals surface area contributed by atoms with E-state index in [4.69, 9.17) is 0 Å². The van der Waals surface area contributed by atoms with Crippen LogP contribution in [-0.2, 0) is 46.5 Å². The van der Waals surface area contributed by atoms with Gasteiger partial charge in [-0.25, -0.2) is 8.42 Å². The van der Waals surface area contributed by atoms with Crippen LogP contribution in [0.5, 0.6) is 0 Å². The molecule has 0 fully saturated rings. The molecule has 0 aliphatic heterocycles. The summed E-state index contributed by atoms with van der Waals surface area (Å²) in [5, 5.41) is 0. The molecule has 0 bridgehead atoms.